The fourth-order valence-corrected chi connectivity index (χ4v) is 2.37. The number of carbonyl (C=O) groups excluding carboxylic acids is 1. The maximum Gasteiger partial charge on any atom is 0.237 e. The fraction of sp³-hybridized carbons (Fsp3) is 0.467. The molecule has 0 radical (unpaired) electrons. The molecule has 1 fully saturated rings. The molecule has 0 saturated carbocycles. The molecule has 21 heavy (non-hydrogen) atoms. The van der Waals surface area contributed by atoms with E-state index in [0.717, 1.165) is 12.1 Å². The molecule has 6 heteroatoms. The average Bonchev–Trinajstić information content (AvgIpc) is 2.91. The summed E-state index contributed by atoms with van der Waals surface area (Å²) in [7, 11) is 0. The number of hydrogen-bond acceptors (Lipinski definition) is 3. The molecule has 3 atom stereocenters. The molecule has 1 aromatic rings. The van der Waals surface area contributed by atoms with E-state index in [4.69, 9.17) is 10.00 Å². The average molecular weight is 294 g/mol. The third-order valence-electron chi connectivity index (χ3n) is 3.57. The zero-order valence-corrected chi connectivity index (χ0v) is 11.6. The Morgan fingerprint density at radius 1 is 1.52 bits per heavy atom. The van der Waals surface area contributed by atoms with Crippen molar-refractivity contribution in [1.29, 1.82) is 5.26 Å². The zero-order chi connectivity index (χ0) is 15.4. The lowest BCUT2D eigenvalue weighted by atomic mass is 10.0. The molecule has 1 unspecified atom stereocenters. The summed E-state index contributed by atoms with van der Waals surface area (Å²) in [5.74, 6) is -2.94. The van der Waals surface area contributed by atoms with Crippen LogP contribution in [0, 0.1) is 28.9 Å². The smallest absolute Gasteiger partial charge is 0.237 e. The molecule has 1 saturated heterocycles. The van der Waals surface area contributed by atoms with Gasteiger partial charge in [-0.25, -0.2) is 8.78 Å². The first-order valence-corrected chi connectivity index (χ1v) is 6.83. The minimum Gasteiger partial charge on any atom is -0.371 e. The second-order valence-electron chi connectivity index (χ2n) is 4.96. The van der Waals surface area contributed by atoms with Crippen LogP contribution in [0.4, 0.5) is 8.78 Å². The normalized spacial score (nSPS) is 22.6. The van der Waals surface area contributed by atoms with Crippen LogP contribution in [-0.2, 0) is 9.53 Å². The first-order valence-electron chi connectivity index (χ1n) is 6.83. The Kier molecular flexibility index (Phi) is 4.86. The van der Waals surface area contributed by atoms with Gasteiger partial charge in [-0.05, 0) is 30.5 Å². The van der Waals surface area contributed by atoms with Crippen molar-refractivity contribution in [3.05, 3.63) is 35.4 Å². The summed E-state index contributed by atoms with van der Waals surface area (Å²) in [4.78, 5) is 11.9. The molecule has 0 spiro atoms. The number of nitrogens with one attached hydrogen (secondary N) is 1. The molecule has 4 nitrogen and oxygen atoms in total. The SMILES string of the molecule is CCC(C#N)C(=O)N[C@@H]1CCO[C@H]1c1ccc(F)c(F)c1. The largest absolute Gasteiger partial charge is 0.371 e. The Hall–Kier alpha value is -2.00. The molecule has 1 aliphatic heterocycles. The van der Waals surface area contributed by atoms with E-state index in [2.05, 4.69) is 5.32 Å². The van der Waals surface area contributed by atoms with Crippen LogP contribution in [0.5, 0.6) is 0 Å². The van der Waals surface area contributed by atoms with E-state index >= 15 is 0 Å². The molecule has 0 aliphatic carbocycles. The van der Waals surface area contributed by atoms with Gasteiger partial charge in [0.05, 0.1) is 12.1 Å². The van der Waals surface area contributed by atoms with Gasteiger partial charge < -0.3 is 10.1 Å². The second-order valence-corrected chi connectivity index (χ2v) is 4.96. The summed E-state index contributed by atoms with van der Waals surface area (Å²) < 4.78 is 31.8. The number of ether oxygens (including phenoxy) is 1. The fourth-order valence-electron chi connectivity index (χ4n) is 2.37. The van der Waals surface area contributed by atoms with Gasteiger partial charge in [0.25, 0.3) is 0 Å². The molecule has 0 bridgehead atoms. The predicted molar refractivity (Wildman–Crippen MR) is 71.0 cm³/mol. The van der Waals surface area contributed by atoms with Crippen LogP contribution in [0.25, 0.3) is 0 Å². The molecule has 1 aromatic carbocycles. The van der Waals surface area contributed by atoms with Crippen molar-refractivity contribution in [3.63, 3.8) is 0 Å². The van der Waals surface area contributed by atoms with Gasteiger partial charge in [0, 0.05) is 6.61 Å². The third-order valence-corrected chi connectivity index (χ3v) is 3.57. The Morgan fingerprint density at radius 3 is 2.90 bits per heavy atom. The summed E-state index contributed by atoms with van der Waals surface area (Å²) in [6.45, 7) is 2.17. The number of rotatable bonds is 4. The second kappa shape index (κ2) is 6.64. The van der Waals surface area contributed by atoms with Crippen molar-refractivity contribution in [3.8, 4) is 6.07 Å². The van der Waals surface area contributed by atoms with Crippen LogP contribution in [0.15, 0.2) is 18.2 Å². The molecule has 1 heterocycles. The van der Waals surface area contributed by atoms with E-state index in [1.54, 1.807) is 6.92 Å². The summed E-state index contributed by atoms with van der Waals surface area (Å²) >= 11 is 0. The number of nitrogens with zero attached hydrogens (tertiary/aromatic N) is 1. The van der Waals surface area contributed by atoms with Gasteiger partial charge in [-0.3, -0.25) is 4.79 Å². The van der Waals surface area contributed by atoms with Crippen molar-refractivity contribution >= 4 is 5.91 Å². The highest BCUT2D eigenvalue weighted by atomic mass is 19.2. The quantitative estimate of drug-likeness (QED) is 0.928. The standard InChI is InChI=1S/C15H16F2N2O2/c1-2-9(8-18)15(20)19-13-5-6-21-14(13)10-3-4-11(16)12(17)7-10/h3-4,7,9,13-14H,2,5-6H2,1H3,(H,19,20)/t9?,13-,14+/m1/s1. The first kappa shape index (κ1) is 15.4. The van der Waals surface area contributed by atoms with Gasteiger partial charge in [-0.1, -0.05) is 13.0 Å². The van der Waals surface area contributed by atoms with Gasteiger partial charge in [0.2, 0.25) is 5.91 Å². The number of nitriles is 1. The Bertz CT molecular complexity index is 571. The number of amides is 1. The van der Waals surface area contributed by atoms with E-state index < -0.39 is 23.7 Å². The molecule has 1 aliphatic rings. The van der Waals surface area contributed by atoms with Gasteiger partial charge in [0.1, 0.15) is 12.0 Å². The minimum atomic E-state index is -0.948. The van der Waals surface area contributed by atoms with Gasteiger partial charge in [-0.15, -0.1) is 0 Å². The molecule has 112 valence electrons. The highest BCUT2D eigenvalue weighted by molar-refractivity contribution is 5.81. The highest BCUT2D eigenvalue weighted by Gasteiger charge is 2.32. The Balaban J connectivity index is 2.12. The number of carbonyl (C=O) groups is 1. The van der Waals surface area contributed by atoms with E-state index in [0.29, 0.717) is 25.0 Å². The summed E-state index contributed by atoms with van der Waals surface area (Å²) in [5.41, 5.74) is 0.474. The zero-order valence-electron chi connectivity index (χ0n) is 11.6. The lowest BCUT2D eigenvalue weighted by molar-refractivity contribution is -0.124. The van der Waals surface area contributed by atoms with Crippen LogP contribution in [0.3, 0.4) is 0 Å². The maximum atomic E-state index is 13.3. The summed E-state index contributed by atoms with van der Waals surface area (Å²) in [5, 5.41) is 11.6. The Labute approximate surface area is 121 Å². The highest BCUT2D eigenvalue weighted by Crippen LogP contribution is 2.30. The maximum absolute atomic E-state index is 13.3. The molecule has 0 aromatic heterocycles. The molecule has 1 amide bonds. The van der Waals surface area contributed by atoms with E-state index in [1.165, 1.54) is 6.07 Å². The first-order chi connectivity index (χ1) is 10.1. The van der Waals surface area contributed by atoms with Crippen LogP contribution in [-0.4, -0.2) is 18.6 Å². The minimum absolute atomic E-state index is 0.343. The van der Waals surface area contributed by atoms with E-state index in [1.807, 2.05) is 6.07 Å². The summed E-state index contributed by atoms with van der Waals surface area (Å²) in [6.07, 6.45) is 0.462. The molecule has 1 N–H and O–H groups in total. The van der Waals surface area contributed by atoms with E-state index in [9.17, 15) is 13.6 Å². The third kappa shape index (κ3) is 3.37. The predicted octanol–water partition coefficient (Wildman–Crippen LogP) is 2.46. The number of halogens is 2. The molecular weight excluding hydrogens is 278 g/mol. The van der Waals surface area contributed by atoms with Crippen LogP contribution in [0.2, 0.25) is 0 Å². The van der Waals surface area contributed by atoms with Crippen LogP contribution in [0.1, 0.15) is 31.4 Å². The topological polar surface area (TPSA) is 62.1 Å². The summed E-state index contributed by atoms with van der Waals surface area (Å²) in [6, 6.07) is 5.14. The Morgan fingerprint density at radius 2 is 2.29 bits per heavy atom. The van der Waals surface area contributed by atoms with Crippen molar-refractivity contribution in [1.82, 2.24) is 5.32 Å². The lowest BCUT2D eigenvalue weighted by Gasteiger charge is -2.21. The van der Waals surface area contributed by atoms with Crippen LogP contribution >= 0.6 is 0 Å². The van der Waals surface area contributed by atoms with Crippen molar-refractivity contribution in [2.75, 3.05) is 6.61 Å². The molecular formula is C15H16F2N2O2. The monoisotopic (exact) mass is 294 g/mol. The van der Waals surface area contributed by atoms with Crippen molar-refractivity contribution < 1.29 is 18.3 Å². The van der Waals surface area contributed by atoms with Crippen LogP contribution < -0.4 is 5.32 Å². The molecule has 2 rings (SSSR count). The lowest BCUT2D eigenvalue weighted by Crippen LogP contribution is -2.40. The number of benzene rings is 1. The van der Waals surface area contributed by atoms with Gasteiger partial charge in [0.15, 0.2) is 11.6 Å². The van der Waals surface area contributed by atoms with Gasteiger partial charge in [-0.2, -0.15) is 5.26 Å². The van der Waals surface area contributed by atoms with Crippen molar-refractivity contribution in [2.45, 2.75) is 31.9 Å². The van der Waals surface area contributed by atoms with Gasteiger partial charge >= 0.3 is 0 Å². The van der Waals surface area contributed by atoms with Crippen molar-refractivity contribution in [2.24, 2.45) is 5.92 Å². The van der Waals surface area contributed by atoms with E-state index in [-0.39, 0.29) is 11.9 Å². The number of hydrogen-bond donors (Lipinski definition) is 1.